The second-order valence-corrected chi connectivity index (χ2v) is 7.15. The first-order valence-electron chi connectivity index (χ1n) is 6.33. The fourth-order valence-electron chi connectivity index (χ4n) is 2.89. The molecule has 0 aliphatic carbocycles. The minimum atomic E-state index is 0.406. The van der Waals surface area contributed by atoms with Crippen molar-refractivity contribution in [3.63, 3.8) is 0 Å². The number of carbonyl (C=O) groups is 1. The lowest BCUT2D eigenvalue weighted by molar-refractivity contribution is -0.124. The first kappa shape index (κ1) is 11.5. The van der Waals surface area contributed by atoms with Crippen molar-refractivity contribution < 1.29 is 4.79 Å². The van der Waals surface area contributed by atoms with Crippen LogP contribution in [0.2, 0.25) is 0 Å². The summed E-state index contributed by atoms with van der Waals surface area (Å²) in [6.07, 6.45) is 7.25. The maximum atomic E-state index is 12.0. The lowest BCUT2D eigenvalue weighted by Gasteiger charge is -2.38. The van der Waals surface area contributed by atoms with Gasteiger partial charge in [0.1, 0.15) is 5.78 Å². The molecule has 2 heteroatoms. The SMILES string of the molecule is CC(C)CC(=O)C1CC2CCCC(C1)S2. The Kier molecular flexibility index (Phi) is 3.76. The van der Waals surface area contributed by atoms with Gasteiger partial charge in [0.15, 0.2) is 0 Å². The molecule has 2 heterocycles. The van der Waals surface area contributed by atoms with E-state index in [9.17, 15) is 4.79 Å². The average Bonchev–Trinajstić information content (AvgIpc) is 2.16. The highest BCUT2D eigenvalue weighted by Crippen LogP contribution is 2.44. The van der Waals surface area contributed by atoms with E-state index >= 15 is 0 Å². The molecule has 0 radical (unpaired) electrons. The molecule has 1 nitrogen and oxygen atoms in total. The molecule has 15 heavy (non-hydrogen) atoms. The largest absolute Gasteiger partial charge is 0.299 e. The smallest absolute Gasteiger partial charge is 0.136 e. The van der Waals surface area contributed by atoms with E-state index in [1.54, 1.807) is 0 Å². The molecule has 2 fully saturated rings. The molecule has 0 spiro atoms. The Bertz CT molecular complexity index is 225. The predicted molar refractivity (Wildman–Crippen MR) is 66.2 cm³/mol. The van der Waals surface area contributed by atoms with E-state index in [2.05, 4.69) is 25.6 Å². The molecule has 2 atom stereocenters. The van der Waals surface area contributed by atoms with Gasteiger partial charge in [0.2, 0.25) is 0 Å². The summed E-state index contributed by atoms with van der Waals surface area (Å²) in [5.74, 6) is 1.48. The minimum absolute atomic E-state index is 0.406. The van der Waals surface area contributed by atoms with Gasteiger partial charge in [-0.1, -0.05) is 20.3 Å². The van der Waals surface area contributed by atoms with Gasteiger partial charge in [0, 0.05) is 22.8 Å². The Labute approximate surface area is 97.4 Å². The first-order valence-corrected chi connectivity index (χ1v) is 7.27. The minimum Gasteiger partial charge on any atom is -0.299 e. The highest BCUT2D eigenvalue weighted by Gasteiger charge is 2.35. The summed E-state index contributed by atoms with van der Waals surface area (Å²) in [6.45, 7) is 4.30. The zero-order valence-corrected chi connectivity index (χ0v) is 10.7. The van der Waals surface area contributed by atoms with Gasteiger partial charge >= 0.3 is 0 Å². The van der Waals surface area contributed by atoms with Crippen LogP contribution in [0, 0.1) is 11.8 Å². The van der Waals surface area contributed by atoms with Gasteiger partial charge in [0.25, 0.3) is 0 Å². The number of hydrogen-bond acceptors (Lipinski definition) is 2. The van der Waals surface area contributed by atoms with Crippen molar-refractivity contribution >= 4 is 17.5 Å². The monoisotopic (exact) mass is 226 g/mol. The van der Waals surface area contributed by atoms with Crippen molar-refractivity contribution in [3.05, 3.63) is 0 Å². The summed E-state index contributed by atoms with van der Waals surface area (Å²) in [7, 11) is 0. The number of hydrogen-bond donors (Lipinski definition) is 0. The van der Waals surface area contributed by atoms with Crippen molar-refractivity contribution in [3.8, 4) is 0 Å². The van der Waals surface area contributed by atoms with Gasteiger partial charge in [0.05, 0.1) is 0 Å². The zero-order valence-electron chi connectivity index (χ0n) is 9.87. The second-order valence-electron chi connectivity index (χ2n) is 5.54. The fourth-order valence-corrected chi connectivity index (χ4v) is 4.73. The average molecular weight is 226 g/mol. The molecule has 2 aliphatic rings. The molecule has 2 unspecified atom stereocenters. The molecular formula is C13H22OS. The van der Waals surface area contributed by atoms with Gasteiger partial charge in [-0.15, -0.1) is 0 Å². The van der Waals surface area contributed by atoms with E-state index in [0.717, 1.165) is 16.9 Å². The Morgan fingerprint density at radius 3 is 2.40 bits per heavy atom. The standard InChI is InChI=1S/C13H22OS/c1-9(2)6-13(14)10-7-11-4-3-5-12(8-10)15-11/h9-12H,3-8H2,1-2H3. The van der Waals surface area contributed by atoms with Gasteiger partial charge in [-0.2, -0.15) is 11.8 Å². The molecule has 2 rings (SSSR count). The van der Waals surface area contributed by atoms with Crippen LogP contribution >= 0.6 is 11.8 Å². The van der Waals surface area contributed by atoms with E-state index in [-0.39, 0.29) is 0 Å². The molecule has 2 saturated heterocycles. The third-order valence-corrected chi connectivity index (χ3v) is 5.22. The van der Waals surface area contributed by atoms with Crippen LogP contribution in [-0.4, -0.2) is 16.3 Å². The van der Waals surface area contributed by atoms with Gasteiger partial charge in [-0.25, -0.2) is 0 Å². The third-order valence-electron chi connectivity index (χ3n) is 3.60. The molecule has 0 aromatic carbocycles. The van der Waals surface area contributed by atoms with Crippen LogP contribution in [0.1, 0.15) is 52.4 Å². The maximum absolute atomic E-state index is 12.0. The van der Waals surface area contributed by atoms with E-state index < -0.39 is 0 Å². The quantitative estimate of drug-likeness (QED) is 0.730. The van der Waals surface area contributed by atoms with Gasteiger partial charge in [-0.05, 0) is 31.6 Å². The summed E-state index contributed by atoms with van der Waals surface area (Å²) in [5.41, 5.74) is 0. The van der Waals surface area contributed by atoms with Crippen molar-refractivity contribution in [2.24, 2.45) is 11.8 Å². The van der Waals surface area contributed by atoms with Crippen molar-refractivity contribution in [2.75, 3.05) is 0 Å². The van der Waals surface area contributed by atoms with Crippen LogP contribution in [0.25, 0.3) is 0 Å². The van der Waals surface area contributed by atoms with E-state index in [0.29, 0.717) is 17.6 Å². The fraction of sp³-hybridized carbons (Fsp3) is 0.923. The highest BCUT2D eigenvalue weighted by molar-refractivity contribution is 8.00. The van der Waals surface area contributed by atoms with Gasteiger partial charge < -0.3 is 0 Å². The number of fused-ring (bicyclic) bond motifs is 2. The number of thioether (sulfide) groups is 1. The van der Waals surface area contributed by atoms with Crippen LogP contribution in [0.15, 0.2) is 0 Å². The van der Waals surface area contributed by atoms with Crippen LogP contribution in [0.4, 0.5) is 0 Å². The summed E-state index contributed by atoms with van der Waals surface area (Å²) < 4.78 is 0. The first-order chi connectivity index (χ1) is 7.15. The van der Waals surface area contributed by atoms with Crippen LogP contribution in [0.3, 0.4) is 0 Å². The molecule has 0 aromatic rings. The third kappa shape index (κ3) is 2.99. The zero-order chi connectivity index (χ0) is 10.8. The topological polar surface area (TPSA) is 17.1 Å². The van der Waals surface area contributed by atoms with Crippen LogP contribution in [-0.2, 0) is 4.79 Å². The Balaban J connectivity index is 1.90. The molecular weight excluding hydrogens is 204 g/mol. The lowest BCUT2D eigenvalue weighted by Crippen LogP contribution is -2.33. The Morgan fingerprint density at radius 2 is 1.87 bits per heavy atom. The summed E-state index contributed by atoms with van der Waals surface area (Å²) in [5, 5.41) is 1.61. The van der Waals surface area contributed by atoms with Crippen molar-refractivity contribution in [1.29, 1.82) is 0 Å². The number of ketones is 1. The second kappa shape index (κ2) is 4.90. The van der Waals surface area contributed by atoms with Crippen molar-refractivity contribution in [2.45, 2.75) is 62.9 Å². The molecule has 2 bridgehead atoms. The molecule has 0 amide bonds. The summed E-state index contributed by atoms with van der Waals surface area (Å²) >= 11 is 2.16. The predicted octanol–water partition coefficient (Wildman–Crippen LogP) is 3.67. The van der Waals surface area contributed by atoms with Gasteiger partial charge in [-0.3, -0.25) is 4.79 Å². The number of carbonyl (C=O) groups excluding carboxylic acids is 1. The summed E-state index contributed by atoms with van der Waals surface area (Å²) in [4.78, 5) is 12.0. The van der Waals surface area contributed by atoms with Crippen LogP contribution < -0.4 is 0 Å². The number of rotatable bonds is 3. The molecule has 2 aliphatic heterocycles. The van der Waals surface area contributed by atoms with E-state index in [1.807, 2.05) is 0 Å². The van der Waals surface area contributed by atoms with E-state index in [1.165, 1.54) is 32.1 Å². The molecule has 0 aromatic heterocycles. The maximum Gasteiger partial charge on any atom is 0.136 e. The van der Waals surface area contributed by atoms with E-state index in [4.69, 9.17) is 0 Å². The summed E-state index contributed by atoms with van der Waals surface area (Å²) in [6, 6.07) is 0. The number of Topliss-reactive ketones (excluding diaryl/α,β-unsaturated/α-hetero) is 1. The highest BCUT2D eigenvalue weighted by atomic mass is 32.2. The Morgan fingerprint density at radius 1 is 1.27 bits per heavy atom. The normalized spacial score (nSPS) is 35.5. The lowest BCUT2D eigenvalue weighted by atomic mass is 9.84. The molecule has 86 valence electrons. The van der Waals surface area contributed by atoms with Crippen LogP contribution in [0.5, 0.6) is 0 Å². The molecule has 0 N–H and O–H groups in total. The molecule has 0 saturated carbocycles. The Hall–Kier alpha value is 0.0200. The van der Waals surface area contributed by atoms with Crippen molar-refractivity contribution in [1.82, 2.24) is 0 Å².